The number of esters is 1. The molecule has 2 rings (SSSR count). The molecule has 1 aromatic carbocycles. The number of sulfonamides is 1. The second-order valence-corrected chi connectivity index (χ2v) is 8.97. The van der Waals surface area contributed by atoms with Crippen LogP contribution < -0.4 is 5.32 Å². The molecule has 28 heavy (non-hydrogen) atoms. The fourth-order valence-corrected chi connectivity index (χ4v) is 4.65. The van der Waals surface area contributed by atoms with Crippen molar-refractivity contribution in [1.29, 1.82) is 0 Å². The number of piperidine rings is 1. The van der Waals surface area contributed by atoms with Gasteiger partial charge in [0.05, 0.1) is 12.0 Å². The monoisotopic (exact) mass is 414 g/mol. The van der Waals surface area contributed by atoms with Crippen LogP contribution in [0.4, 0.5) is 4.39 Å². The fraction of sp³-hybridized carbons (Fsp3) is 0.579. The van der Waals surface area contributed by atoms with E-state index in [1.54, 1.807) is 0 Å². The highest BCUT2D eigenvalue weighted by Crippen LogP contribution is 2.24. The fourth-order valence-electron chi connectivity index (χ4n) is 3.18. The maximum atomic E-state index is 13.0. The van der Waals surface area contributed by atoms with Gasteiger partial charge in [-0.2, -0.15) is 4.31 Å². The number of hydrogen-bond acceptors (Lipinski definition) is 5. The van der Waals surface area contributed by atoms with Crippen LogP contribution in [0.3, 0.4) is 0 Å². The average molecular weight is 414 g/mol. The van der Waals surface area contributed by atoms with Gasteiger partial charge in [-0.05, 0) is 43.0 Å². The Morgan fingerprint density at radius 1 is 1.25 bits per heavy atom. The van der Waals surface area contributed by atoms with E-state index in [4.69, 9.17) is 4.74 Å². The summed E-state index contributed by atoms with van der Waals surface area (Å²) in [4.78, 5) is 24.6. The Bertz CT molecular complexity index is 789. The van der Waals surface area contributed by atoms with Crippen molar-refractivity contribution >= 4 is 21.9 Å². The summed E-state index contributed by atoms with van der Waals surface area (Å²) in [5.74, 6) is -1.71. The molecule has 1 aromatic rings. The Morgan fingerprint density at radius 2 is 1.82 bits per heavy atom. The van der Waals surface area contributed by atoms with Gasteiger partial charge in [0.2, 0.25) is 15.9 Å². The molecular weight excluding hydrogens is 387 g/mol. The molecular formula is C19H27FN2O5S. The van der Waals surface area contributed by atoms with E-state index in [2.05, 4.69) is 5.32 Å². The van der Waals surface area contributed by atoms with Crippen molar-refractivity contribution in [2.75, 3.05) is 20.2 Å². The van der Waals surface area contributed by atoms with Gasteiger partial charge in [0, 0.05) is 19.0 Å². The normalized spacial score (nSPS) is 18.3. The van der Waals surface area contributed by atoms with E-state index in [-0.39, 0.29) is 35.7 Å². The zero-order valence-electron chi connectivity index (χ0n) is 16.4. The third-order valence-electron chi connectivity index (χ3n) is 5.24. The van der Waals surface area contributed by atoms with Crippen molar-refractivity contribution in [1.82, 2.24) is 9.62 Å². The molecule has 0 bridgehead atoms. The number of carbonyl (C=O) groups is 2. The van der Waals surface area contributed by atoms with Crippen LogP contribution in [0.2, 0.25) is 0 Å². The largest absolute Gasteiger partial charge is 0.467 e. The first kappa shape index (κ1) is 22.3. The first-order valence-electron chi connectivity index (χ1n) is 9.34. The Kier molecular flexibility index (Phi) is 7.54. The van der Waals surface area contributed by atoms with Gasteiger partial charge >= 0.3 is 5.97 Å². The Labute approximate surface area is 165 Å². The molecule has 1 aliphatic rings. The zero-order valence-corrected chi connectivity index (χ0v) is 17.2. The third kappa shape index (κ3) is 5.08. The first-order chi connectivity index (χ1) is 13.2. The van der Waals surface area contributed by atoms with Crippen LogP contribution >= 0.6 is 0 Å². The Morgan fingerprint density at radius 3 is 2.32 bits per heavy atom. The second kappa shape index (κ2) is 9.47. The van der Waals surface area contributed by atoms with E-state index in [9.17, 15) is 22.4 Å². The number of nitrogens with zero attached hydrogens (tertiary/aromatic N) is 1. The topological polar surface area (TPSA) is 92.8 Å². The number of benzene rings is 1. The van der Waals surface area contributed by atoms with Crippen LogP contribution in [-0.4, -0.2) is 50.8 Å². The Hall–Kier alpha value is -2.00. The molecule has 1 aliphatic heterocycles. The van der Waals surface area contributed by atoms with Gasteiger partial charge in [-0.1, -0.05) is 20.3 Å². The summed E-state index contributed by atoms with van der Waals surface area (Å²) < 4.78 is 44.4. The van der Waals surface area contributed by atoms with Crippen LogP contribution in [0, 0.1) is 17.7 Å². The molecule has 1 amide bonds. The van der Waals surface area contributed by atoms with E-state index in [0.717, 1.165) is 12.1 Å². The molecule has 156 valence electrons. The molecule has 0 aliphatic carbocycles. The highest BCUT2D eigenvalue weighted by atomic mass is 32.2. The number of hydrogen-bond donors (Lipinski definition) is 1. The van der Waals surface area contributed by atoms with Gasteiger partial charge < -0.3 is 10.1 Å². The molecule has 0 unspecified atom stereocenters. The van der Waals surface area contributed by atoms with E-state index in [0.29, 0.717) is 19.3 Å². The number of carbonyl (C=O) groups excluding carboxylic acids is 2. The van der Waals surface area contributed by atoms with Crippen LogP contribution in [-0.2, 0) is 24.3 Å². The molecule has 1 heterocycles. The smallest absolute Gasteiger partial charge is 0.328 e. The zero-order chi connectivity index (χ0) is 20.9. The predicted octanol–water partition coefficient (Wildman–Crippen LogP) is 1.93. The number of amides is 1. The lowest BCUT2D eigenvalue weighted by molar-refractivity contribution is -0.147. The summed E-state index contributed by atoms with van der Waals surface area (Å²) in [6.45, 7) is 4.15. The molecule has 7 nitrogen and oxygen atoms in total. The summed E-state index contributed by atoms with van der Waals surface area (Å²) in [6, 6.07) is 3.96. The molecule has 1 N–H and O–H groups in total. The van der Waals surface area contributed by atoms with Gasteiger partial charge in [0.25, 0.3) is 0 Å². The lowest BCUT2D eigenvalue weighted by atomic mass is 9.94. The molecule has 0 saturated carbocycles. The number of nitrogens with one attached hydrogen (secondary N) is 1. The molecule has 2 atom stereocenters. The van der Waals surface area contributed by atoms with Crippen molar-refractivity contribution in [2.24, 2.45) is 11.8 Å². The van der Waals surface area contributed by atoms with Crippen molar-refractivity contribution in [3.05, 3.63) is 30.1 Å². The molecule has 0 spiro atoms. The standard InChI is InChI=1S/C19H27FN2O5S/c1-4-13(2)17(19(24)27-3)21-18(23)14-9-11-22(12-10-14)28(25,26)16-7-5-15(20)6-8-16/h5-8,13-14,17H,4,9-12H2,1-3H3,(H,21,23)/t13-,17+/m1/s1. The predicted molar refractivity (Wildman–Crippen MR) is 101 cm³/mol. The summed E-state index contributed by atoms with van der Waals surface area (Å²) in [5, 5.41) is 2.76. The quantitative estimate of drug-likeness (QED) is 0.688. The van der Waals surface area contributed by atoms with E-state index in [1.807, 2.05) is 13.8 Å². The maximum Gasteiger partial charge on any atom is 0.328 e. The average Bonchev–Trinajstić information content (AvgIpc) is 2.71. The lowest BCUT2D eigenvalue weighted by Gasteiger charge is -2.32. The minimum atomic E-state index is -3.72. The maximum absolute atomic E-state index is 13.0. The van der Waals surface area contributed by atoms with Gasteiger partial charge in [-0.15, -0.1) is 0 Å². The van der Waals surface area contributed by atoms with Gasteiger partial charge in [0.1, 0.15) is 11.9 Å². The minimum absolute atomic E-state index is 0.0272. The van der Waals surface area contributed by atoms with Gasteiger partial charge in [0.15, 0.2) is 0 Å². The van der Waals surface area contributed by atoms with Crippen molar-refractivity contribution in [3.63, 3.8) is 0 Å². The molecule has 1 saturated heterocycles. The number of halogens is 1. The van der Waals surface area contributed by atoms with E-state index >= 15 is 0 Å². The van der Waals surface area contributed by atoms with Crippen LogP contribution in [0.25, 0.3) is 0 Å². The van der Waals surface area contributed by atoms with E-state index < -0.39 is 27.9 Å². The van der Waals surface area contributed by atoms with Crippen molar-refractivity contribution in [3.8, 4) is 0 Å². The minimum Gasteiger partial charge on any atom is -0.467 e. The summed E-state index contributed by atoms with van der Waals surface area (Å²) in [6.07, 6.45) is 1.40. The van der Waals surface area contributed by atoms with Crippen LogP contribution in [0.15, 0.2) is 29.2 Å². The van der Waals surface area contributed by atoms with Crippen LogP contribution in [0.5, 0.6) is 0 Å². The summed E-state index contributed by atoms with van der Waals surface area (Å²) >= 11 is 0. The number of methoxy groups -OCH3 is 1. The molecule has 1 fully saturated rings. The van der Waals surface area contributed by atoms with E-state index in [1.165, 1.54) is 23.5 Å². The highest BCUT2D eigenvalue weighted by Gasteiger charge is 2.34. The number of rotatable bonds is 7. The second-order valence-electron chi connectivity index (χ2n) is 7.03. The first-order valence-corrected chi connectivity index (χ1v) is 10.8. The SMILES string of the molecule is CC[C@@H](C)[C@H](NC(=O)C1CCN(S(=O)(=O)c2ccc(F)cc2)CC1)C(=O)OC. The van der Waals surface area contributed by atoms with Gasteiger partial charge in [-0.3, -0.25) is 4.79 Å². The third-order valence-corrected chi connectivity index (χ3v) is 7.15. The lowest BCUT2D eigenvalue weighted by Crippen LogP contribution is -2.50. The van der Waals surface area contributed by atoms with Crippen molar-refractivity contribution in [2.45, 2.75) is 44.0 Å². The van der Waals surface area contributed by atoms with Gasteiger partial charge in [-0.25, -0.2) is 17.6 Å². The molecule has 0 aromatic heterocycles. The Balaban J connectivity index is 1.99. The number of ether oxygens (including phenoxy) is 1. The molecule has 0 radical (unpaired) electrons. The molecule has 9 heteroatoms. The highest BCUT2D eigenvalue weighted by molar-refractivity contribution is 7.89. The summed E-state index contributed by atoms with van der Waals surface area (Å²) in [5.41, 5.74) is 0. The summed E-state index contributed by atoms with van der Waals surface area (Å²) in [7, 11) is -2.44. The van der Waals surface area contributed by atoms with Crippen LogP contribution in [0.1, 0.15) is 33.1 Å². The van der Waals surface area contributed by atoms with Crippen molar-refractivity contribution < 1.29 is 27.1 Å².